The van der Waals surface area contributed by atoms with Crippen LogP contribution in [-0.2, 0) is 0 Å². The number of nitrogens with one attached hydrogen (secondary N) is 2. The van der Waals surface area contributed by atoms with Gasteiger partial charge in [-0.1, -0.05) is 6.07 Å². The van der Waals surface area contributed by atoms with Gasteiger partial charge in [-0.2, -0.15) is 0 Å². The van der Waals surface area contributed by atoms with E-state index in [0.29, 0.717) is 16.2 Å². The smallest absolute Gasteiger partial charge is 0.408 e. The maximum Gasteiger partial charge on any atom is 0.417 e. The summed E-state index contributed by atoms with van der Waals surface area (Å²) in [4.78, 5) is 17.9. The molecule has 0 fully saturated rings. The van der Waals surface area contributed by atoms with Crippen LogP contribution in [0.5, 0.6) is 0 Å². The first-order valence-electron chi connectivity index (χ1n) is 4.81. The van der Waals surface area contributed by atoms with Crippen molar-refractivity contribution >= 4 is 27.6 Å². The zero-order valence-electron chi connectivity index (χ0n) is 8.56. The minimum Gasteiger partial charge on any atom is -0.408 e. The maximum absolute atomic E-state index is 11.0. The van der Waals surface area contributed by atoms with Crippen LogP contribution in [-0.4, -0.2) is 9.97 Å². The molecule has 0 radical (unpaired) electrons. The molecule has 1 aromatic carbocycles. The lowest BCUT2D eigenvalue weighted by Crippen LogP contribution is -2.05. The van der Waals surface area contributed by atoms with Crippen LogP contribution in [0.15, 0.2) is 32.8 Å². The van der Waals surface area contributed by atoms with Crippen molar-refractivity contribution in [3.63, 3.8) is 0 Å². The van der Waals surface area contributed by atoms with Gasteiger partial charge in [-0.05, 0) is 12.1 Å². The van der Waals surface area contributed by atoms with Crippen molar-refractivity contribution < 1.29 is 4.42 Å². The number of hydrazine groups is 1. The molecule has 3 rings (SSSR count). The summed E-state index contributed by atoms with van der Waals surface area (Å²) in [7, 11) is 0. The van der Waals surface area contributed by atoms with Gasteiger partial charge in [-0.15, -0.1) is 11.3 Å². The van der Waals surface area contributed by atoms with Gasteiger partial charge >= 0.3 is 5.76 Å². The fourth-order valence-electron chi connectivity index (χ4n) is 1.58. The third kappa shape index (κ3) is 1.71. The van der Waals surface area contributed by atoms with E-state index in [0.717, 1.165) is 11.3 Å². The van der Waals surface area contributed by atoms with Crippen LogP contribution >= 0.6 is 11.3 Å². The fraction of sp³-hybridized carbons (Fsp3) is 0. The number of fused-ring (bicyclic) bond motifs is 1. The molecular formula is C10H8N4O2S. The molecule has 0 aliphatic carbocycles. The second kappa shape index (κ2) is 3.72. The molecule has 0 atom stereocenters. The number of hydrogen-bond acceptors (Lipinski definition) is 6. The number of H-pyrrole nitrogens is 1. The third-order valence-corrected chi connectivity index (χ3v) is 3.12. The van der Waals surface area contributed by atoms with E-state index < -0.39 is 5.76 Å². The number of nitrogens with zero attached hydrogens (tertiary/aromatic N) is 1. The summed E-state index contributed by atoms with van der Waals surface area (Å²) in [5.41, 5.74) is 5.33. The van der Waals surface area contributed by atoms with E-state index in [2.05, 4.69) is 15.4 Å². The van der Waals surface area contributed by atoms with Crippen molar-refractivity contribution in [3.05, 3.63) is 34.1 Å². The molecule has 2 aromatic heterocycles. The van der Waals surface area contributed by atoms with Gasteiger partial charge in [0.05, 0.1) is 11.2 Å². The number of benzene rings is 1. The number of aromatic amines is 1. The third-order valence-electron chi connectivity index (χ3n) is 2.34. The van der Waals surface area contributed by atoms with E-state index in [-0.39, 0.29) is 0 Å². The Hall–Kier alpha value is -2.12. The topological polar surface area (TPSA) is 96.9 Å². The Morgan fingerprint density at radius 1 is 1.47 bits per heavy atom. The van der Waals surface area contributed by atoms with Gasteiger partial charge in [0.1, 0.15) is 0 Å². The molecule has 17 heavy (non-hydrogen) atoms. The Kier molecular flexibility index (Phi) is 2.20. The van der Waals surface area contributed by atoms with E-state index in [1.165, 1.54) is 11.3 Å². The SMILES string of the molecule is NNc1nc(-c2ccc3[nH]c(=O)oc3c2)cs1. The van der Waals surface area contributed by atoms with Crippen LogP contribution in [0.2, 0.25) is 0 Å². The van der Waals surface area contributed by atoms with E-state index in [1.54, 1.807) is 12.1 Å². The zero-order valence-corrected chi connectivity index (χ0v) is 9.38. The summed E-state index contributed by atoms with van der Waals surface area (Å²) in [6.45, 7) is 0. The Morgan fingerprint density at radius 3 is 3.12 bits per heavy atom. The van der Waals surface area contributed by atoms with Crippen molar-refractivity contribution in [1.82, 2.24) is 9.97 Å². The Bertz CT molecular complexity index is 727. The number of thiazole rings is 1. The number of nitrogen functional groups attached to an aromatic ring is 1. The van der Waals surface area contributed by atoms with Gasteiger partial charge < -0.3 is 4.42 Å². The molecule has 0 bridgehead atoms. The fourth-order valence-corrected chi connectivity index (χ4v) is 2.21. The molecule has 3 aromatic rings. The standard InChI is InChI=1S/C10H8N4O2S/c11-14-9-12-7(4-17-9)5-1-2-6-8(3-5)16-10(15)13-6/h1-4H,11H2,(H,12,14)(H,13,15). The normalized spacial score (nSPS) is 10.9. The van der Waals surface area contributed by atoms with E-state index in [1.807, 2.05) is 11.4 Å². The predicted octanol–water partition coefficient (Wildman–Crippen LogP) is 1.53. The van der Waals surface area contributed by atoms with Gasteiger partial charge in [0, 0.05) is 10.9 Å². The molecule has 0 saturated carbocycles. The van der Waals surface area contributed by atoms with Crippen LogP contribution in [0.25, 0.3) is 22.4 Å². The molecule has 2 heterocycles. The van der Waals surface area contributed by atoms with E-state index in [9.17, 15) is 4.79 Å². The average Bonchev–Trinajstić information content (AvgIpc) is 2.92. The van der Waals surface area contributed by atoms with E-state index >= 15 is 0 Å². The van der Waals surface area contributed by atoms with Crippen molar-refractivity contribution in [3.8, 4) is 11.3 Å². The number of anilines is 1. The summed E-state index contributed by atoms with van der Waals surface area (Å²) in [6, 6.07) is 5.41. The molecular weight excluding hydrogens is 240 g/mol. The molecule has 0 aliphatic heterocycles. The Balaban J connectivity index is 2.13. The first kappa shape index (κ1) is 10.1. The number of hydrogen-bond donors (Lipinski definition) is 3. The number of rotatable bonds is 2. The monoisotopic (exact) mass is 248 g/mol. The Morgan fingerprint density at radius 2 is 2.35 bits per heavy atom. The summed E-state index contributed by atoms with van der Waals surface area (Å²) in [5.74, 6) is 4.81. The molecule has 0 unspecified atom stereocenters. The van der Waals surface area contributed by atoms with Crippen LogP contribution in [0.3, 0.4) is 0 Å². The molecule has 0 saturated heterocycles. The summed E-state index contributed by atoms with van der Waals surface area (Å²) >= 11 is 1.41. The van der Waals surface area contributed by atoms with Gasteiger partial charge in [0.2, 0.25) is 0 Å². The van der Waals surface area contributed by atoms with Gasteiger partial charge in [0.25, 0.3) is 0 Å². The van der Waals surface area contributed by atoms with Crippen LogP contribution in [0.1, 0.15) is 0 Å². The highest BCUT2D eigenvalue weighted by Gasteiger charge is 2.07. The average molecular weight is 248 g/mol. The minimum atomic E-state index is -0.459. The number of nitrogens with two attached hydrogens (primary N) is 1. The largest absolute Gasteiger partial charge is 0.417 e. The quantitative estimate of drug-likeness (QED) is 0.472. The van der Waals surface area contributed by atoms with Crippen molar-refractivity contribution in [2.45, 2.75) is 0 Å². The molecule has 0 amide bonds. The van der Waals surface area contributed by atoms with Crippen molar-refractivity contribution in [1.29, 1.82) is 0 Å². The van der Waals surface area contributed by atoms with Crippen LogP contribution < -0.4 is 17.0 Å². The summed E-state index contributed by atoms with van der Waals surface area (Å²) < 4.78 is 4.99. The van der Waals surface area contributed by atoms with Gasteiger partial charge in [-0.3, -0.25) is 10.4 Å². The Labute approximate surface area is 99.1 Å². The molecule has 4 N–H and O–H groups in total. The number of oxazole rings is 1. The molecule has 6 nitrogen and oxygen atoms in total. The highest BCUT2D eigenvalue weighted by atomic mass is 32.1. The van der Waals surface area contributed by atoms with Crippen LogP contribution in [0, 0.1) is 0 Å². The van der Waals surface area contributed by atoms with Gasteiger partial charge in [0.15, 0.2) is 10.7 Å². The molecule has 0 spiro atoms. The van der Waals surface area contributed by atoms with Gasteiger partial charge in [-0.25, -0.2) is 15.6 Å². The lowest BCUT2D eigenvalue weighted by atomic mass is 10.1. The lowest BCUT2D eigenvalue weighted by molar-refractivity contribution is 0.555. The molecule has 86 valence electrons. The minimum absolute atomic E-state index is 0.459. The number of aromatic nitrogens is 2. The second-order valence-corrected chi connectivity index (χ2v) is 4.27. The summed E-state index contributed by atoms with van der Waals surface area (Å²) in [5, 5.41) is 2.51. The van der Waals surface area contributed by atoms with Crippen LogP contribution in [0.4, 0.5) is 5.13 Å². The lowest BCUT2D eigenvalue weighted by Gasteiger charge is -1.95. The predicted molar refractivity (Wildman–Crippen MR) is 65.8 cm³/mol. The van der Waals surface area contributed by atoms with E-state index in [4.69, 9.17) is 10.3 Å². The first-order valence-corrected chi connectivity index (χ1v) is 5.69. The van der Waals surface area contributed by atoms with Crippen molar-refractivity contribution in [2.24, 2.45) is 5.84 Å². The summed E-state index contributed by atoms with van der Waals surface area (Å²) in [6.07, 6.45) is 0. The second-order valence-electron chi connectivity index (χ2n) is 3.41. The highest BCUT2D eigenvalue weighted by molar-refractivity contribution is 7.14. The molecule has 7 heteroatoms. The molecule has 0 aliphatic rings. The zero-order chi connectivity index (χ0) is 11.8. The first-order chi connectivity index (χ1) is 8.26. The maximum atomic E-state index is 11.0. The van der Waals surface area contributed by atoms with Crippen molar-refractivity contribution in [2.75, 3.05) is 5.43 Å². The highest BCUT2D eigenvalue weighted by Crippen LogP contribution is 2.26.